The monoisotopic (exact) mass is 265 g/mol. The van der Waals surface area contributed by atoms with Crippen LogP contribution in [0.2, 0.25) is 5.02 Å². The van der Waals surface area contributed by atoms with Gasteiger partial charge in [-0.15, -0.1) is 0 Å². The summed E-state index contributed by atoms with van der Waals surface area (Å²) in [4.78, 5) is 12.7. The first-order valence-corrected chi connectivity index (χ1v) is 6.50. The number of anilines is 1. The lowest BCUT2D eigenvalue weighted by Crippen LogP contribution is -2.29. The van der Waals surface area contributed by atoms with Gasteiger partial charge in [0.15, 0.2) is 0 Å². The van der Waals surface area contributed by atoms with E-state index in [2.05, 4.69) is 4.90 Å². The Labute approximate surface area is 112 Å². The molecule has 1 saturated heterocycles. The highest BCUT2D eigenvalue weighted by molar-refractivity contribution is 6.33. The summed E-state index contributed by atoms with van der Waals surface area (Å²) in [7, 11) is 0. The van der Waals surface area contributed by atoms with E-state index in [1.54, 1.807) is 6.08 Å². The molecule has 0 aromatic heterocycles. The highest BCUT2D eigenvalue weighted by Crippen LogP contribution is 2.29. The van der Waals surface area contributed by atoms with Crippen LogP contribution in [-0.2, 0) is 4.79 Å². The van der Waals surface area contributed by atoms with Crippen molar-refractivity contribution in [1.29, 1.82) is 0 Å². The predicted octanol–water partition coefficient (Wildman–Crippen LogP) is 3.43. The maximum atomic E-state index is 10.4. The summed E-state index contributed by atoms with van der Waals surface area (Å²) < 4.78 is 0. The maximum Gasteiger partial charge on any atom is 0.328 e. The minimum absolute atomic E-state index is 0.685. The lowest BCUT2D eigenvalue weighted by atomic mass is 10.1. The van der Waals surface area contributed by atoms with Crippen molar-refractivity contribution in [2.75, 3.05) is 18.0 Å². The molecule has 4 heteroatoms. The molecule has 0 spiro atoms. The second kappa shape index (κ2) is 5.91. The molecule has 0 saturated carbocycles. The number of piperidine rings is 1. The first kappa shape index (κ1) is 13.0. The number of aliphatic carboxylic acids is 1. The van der Waals surface area contributed by atoms with Gasteiger partial charge in [0.2, 0.25) is 0 Å². The molecular weight excluding hydrogens is 250 g/mol. The minimum atomic E-state index is -0.953. The number of benzene rings is 1. The van der Waals surface area contributed by atoms with E-state index in [0.717, 1.165) is 30.4 Å². The second-order valence-electron chi connectivity index (χ2n) is 4.43. The van der Waals surface area contributed by atoms with Gasteiger partial charge in [-0.25, -0.2) is 4.79 Å². The fourth-order valence-electron chi connectivity index (χ4n) is 2.19. The van der Waals surface area contributed by atoms with E-state index in [-0.39, 0.29) is 0 Å². The van der Waals surface area contributed by atoms with Crippen molar-refractivity contribution in [3.8, 4) is 0 Å². The minimum Gasteiger partial charge on any atom is -0.478 e. The number of carboxylic acid groups (broad SMARTS) is 1. The molecule has 0 bridgehead atoms. The summed E-state index contributed by atoms with van der Waals surface area (Å²) in [5.74, 6) is -0.953. The Morgan fingerprint density at radius 3 is 2.61 bits per heavy atom. The van der Waals surface area contributed by atoms with Crippen molar-refractivity contribution in [3.05, 3.63) is 34.9 Å². The normalized spacial score (nSPS) is 16.2. The number of rotatable bonds is 3. The molecule has 1 aliphatic heterocycles. The molecule has 1 fully saturated rings. The molecule has 96 valence electrons. The van der Waals surface area contributed by atoms with E-state index in [1.807, 2.05) is 18.2 Å². The van der Waals surface area contributed by atoms with Gasteiger partial charge < -0.3 is 10.0 Å². The number of halogens is 1. The van der Waals surface area contributed by atoms with Gasteiger partial charge in [0.25, 0.3) is 0 Å². The molecule has 2 rings (SSSR count). The Hall–Kier alpha value is -1.48. The van der Waals surface area contributed by atoms with E-state index < -0.39 is 5.97 Å². The van der Waals surface area contributed by atoms with Crippen molar-refractivity contribution in [2.45, 2.75) is 19.3 Å². The van der Waals surface area contributed by atoms with Crippen LogP contribution < -0.4 is 4.90 Å². The van der Waals surface area contributed by atoms with Crippen molar-refractivity contribution in [2.24, 2.45) is 0 Å². The molecule has 1 aromatic carbocycles. The van der Waals surface area contributed by atoms with Crippen molar-refractivity contribution < 1.29 is 9.90 Å². The topological polar surface area (TPSA) is 40.5 Å². The average molecular weight is 266 g/mol. The van der Waals surface area contributed by atoms with Gasteiger partial charge in [-0.05, 0) is 43.0 Å². The largest absolute Gasteiger partial charge is 0.478 e. The van der Waals surface area contributed by atoms with Crippen LogP contribution in [0.3, 0.4) is 0 Å². The van der Waals surface area contributed by atoms with Crippen LogP contribution in [0.25, 0.3) is 6.08 Å². The molecular formula is C14H16ClNO2. The van der Waals surface area contributed by atoms with Gasteiger partial charge in [-0.2, -0.15) is 0 Å². The molecule has 0 aliphatic carbocycles. The molecule has 0 unspecified atom stereocenters. The third-order valence-corrected chi connectivity index (χ3v) is 3.39. The van der Waals surface area contributed by atoms with Crippen LogP contribution in [0.4, 0.5) is 5.69 Å². The summed E-state index contributed by atoms with van der Waals surface area (Å²) in [6.45, 7) is 2.09. The Kier molecular flexibility index (Phi) is 4.26. The SMILES string of the molecule is O=C(O)/C=C/c1ccc(N2CCCCC2)c(Cl)c1. The average Bonchev–Trinajstić information content (AvgIpc) is 2.37. The summed E-state index contributed by atoms with van der Waals surface area (Å²) in [5, 5.41) is 9.26. The maximum absolute atomic E-state index is 10.4. The standard InChI is InChI=1S/C14H16ClNO2/c15-12-10-11(5-7-14(17)18)4-6-13(12)16-8-2-1-3-9-16/h4-7,10H,1-3,8-9H2,(H,17,18)/b7-5+. The summed E-state index contributed by atoms with van der Waals surface area (Å²) >= 11 is 6.26. The third kappa shape index (κ3) is 3.26. The Morgan fingerprint density at radius 1 is 1.28 bits per heavy atom. The van der Waals surface area contributed by atoms with Gasteiger partial charge in [0, 0.05) is 19.2 Å². The smallest absolute Gasteiger partial charge is 0.328 e. The lowest BCUT2D eigenvalue weighted by Gasteiger charge is -2.29. The van der Waals surface area contributed by atoms with Gasteiger partial charge in [0.1, 0.15) is 0 Å². The lowest BCUT2D eigenvalue weighted by molar-refractivity contribution is -0.131. The number of carboxylic acids is 1. The number of nitrogens with zero attached hydrogens (tertiary/aromatic N) is 1. The molecule has 1 aliphatic rings. The van der Waals surface area contributed by atoms with Crippen LogP contribution in [0.5, 0.6) is 0 Å². The highest BCUT2D eigenvalue weighted by Gasteiger charge is 2.13. The van der Waals surface area contributed by atoms with Gasteiger partial charge in [0.05, 0.1) is 10.7 Å². The molecule has 3 nitrogen and oxygen atoms in total. The second-order valence-corrected chi connectivity index (χ2v) is 4.84. The third-order valence-electron chi connectivity index (χ3n) is 3.09. The Morgan fingerprint density at radius 2 is 2.00 bits per heavy atom. The zero-order valence-electron chi connectivity index (χ0n) is 10.1. The first-order chi connectivity index (χ1) is 8.66. The van der Waals surface area contributed by atoms with Crippen LogP contribution in [-0.4, -0.2) is 24.2 Å². The predicted molar refractivity (Wildman–Crippen MR) is 74.2 cm³/mol. The quantitative estimate of drug-likeness (QED) is 0.852. The fourth-order valence-corrected chi connectivity index (χ4v) is 2.49. The number of carbonyl (C=O) groups is 1. The summed E-state index contributed by atoms with van der Waals surface area (Å²) in [6, 6.07) is 5.68. The van der Waals surface area contributed by atoms with Gasteiger partial charge >= 0.3 is 5.97 Å². The Bertz CT molecular complexity index is 465. The molecule has 1 heterocycles. The molecule has 18 heavy (non-hydrogen) atoms. The van der Waals surface area contributed by atoms with Crippen LogP contribution in [0, 0.1) is 0 Å². The highest BCUT2D eigenvalue weighted by atomic mass is 35.5. The van der Waals surface area contributed by atoms with Crippen molar-refractivity contribution >= 4 is 29.3 Å². The van der Waals surface area contributed by atoms with Crippen molar-refractivity contribution in [3.63, 3.8) is 0 Å². The number of hydrogen-bond acceptors (Lipinski definition) is 2. The van der Waals surface area contributed by atoms with Gasteiger partial charge in [-0.3, -0.25) is 0 Å². The van der Waals surface area contributed by atoms with Crippen LogP contribution in [0.15, 0.2) is 24.3 Å². The van der Waals surface area contributed by atoms with E-state index in [9.17, 15) is 4.79 Å². The van der Waals surface area contributed by atoms with Crippen molar-refractivity contribution in [1.82, 2.24) is 0 Å². The summed E-state index contributed by atoms with van der Waals surface area (Å²) in [5.41, 5.74) is 1.85. The zero-order valence-corrected chi connectivity index (χ0v) is 10.9. The first-order valence-electron chi connectivity index (χ1n) is 6.12. The fraction of sp³-hybridized carbons (Fsp3) is 0.357. The zero-order chi connectivity index (χ0) is 13.0. The van der Waals surface area contributed by atoms with Gasteiger partial charge in [-0.1, -0.05) is 17.7 Å². The molecule has 0 radical (unpaired) electrons. The van der Waals surface area contributed by atoms with E-state index in [0.29, 0.717) is 5.02 Å². The van der Waals surface area contributed by atoms with E-state index >= 15 is 0 Å². The summed E-state index contributed by atoms with van der Waals surface area (Å²) in [6.07, 6.45) is 6.36. The Balaban J connectivity index is 2.16. The van der Waals surface area contributed by atoms with E-state index in [1.165, 1.54) is 19.3 Å². The number of hydrogen-bond donors (Lipinski definition) is 1. The molecule has 0 amide bonds. The molecule has 0 atom stereocenters. The molecule has 1 aromatic rings. The molecule has 1 N–H and O–H groups in total. The van der Waals surface area contributed by atoms with Crippen LogP contribution >= 0.6 is 11.6 Å². The van der Waals surface area contributed by atoms with Crippen LogP contribution in [0.1, 0.15) is 24.8 Å². The van der Waals surface area contributed by atoms with E-state index in [4.69, 9.17) is 16.7 Å².